The Morgan fingerprint density at radius 2 is 1.24 bits per heavy atom. The number of hydrogen-bond donors (Lipinski definition) is 0. The van der Waals surface area contributed by atoms with Gasteiger partial charge in [-0.05, 0) is 59.7 Å². The molecule has 0 atom stereocenters. The first kappa shape index (κ1) is 25.6. The monoisotopic (exact) mass is 536 g/mol. The second kappa shape index (κ2) is 11.2. The molecule has 2 heterocycles. The molecule has 0 aliphatic heterocycles. The van der Waals surface area contributed by atoms with Crippen molar-refractivity contribution in [1.29, 1.82) is 0 Å². The minimum absolute atomic E-state index is 0.140. The molecule has 7 heteroatoms. The Bertz CT molecular complexity index is 1850. The van der Waals surface area contributed by atoms with E-state index in [-0.39, 0.29) is 11.4 Å². The number of pyridine rings is 1. The molecule has 0 aliphatic carbocycles. The van der Waals surface area contributed by atoms with Gasteiger partial charge in [0.1, 0.15) is 5.82 Å². The van der Waals surface area contributed by atoms with E-state index in [1.165, 1.54) is 0 Å². The van der Waals surface area contributed by atoms with Gasteiger partial charge in [-0.2, -0.15) is 0 Å². The molecule has 0 bridgehead atoms. The van der Waals surface area contributed by atoms with Crippen LogP contribution in [-0.2, 0) is 6.54 Å². The van der Waals surface area contributed by atoms with Gasteiger partial charge < -0.3 is 0 Å². The quantitative estimate of drug-likeness (QED) is 0.244. The van der Waals surface area contributed by atoms with Crippen LogP contribution < -0.4 is 10.5 Å². The van der Waals surface area contributed by atoms with E-state index in [2.05, 4.69) is 9.97 Å². The maximum Gasteiger partial charge on any atom is 0.266 e. The van der Waals surface area contributed by atoms with Gasteiger partial charge in [-0.25, -0.2) is 14.9 Å². The van der Waals surface area contributed by atoms with Gasteiger partial charge in [0.15, 0.2) is 0 Å². The van der Waals surface area contributed by atoms with E-state index in [0.717, 1.165) is 21.6 Å². The molecule has 6 aromatic rings. The van der Waals surface area contributed by atoms with Crippen LogP contribution >= 0.6 is 0 Å². The lowest BCUT2D eigenvalue weighted by atomic mass is 10.1. The minimum Gasteiger partial charge on any atom is -0.294 e. The van der Waals surface area contributed by atoms with Crippen LogP contribution in [0.2, 0.25) is 0 Å². The Balaban J connectivity index is 1.35. The number of rotatable bonds is 6. The third kappa shape index (κ3) is 5.29. The van der Waals surface area contributed by atoms with E-state index in [1.807, 2.05) is 48.5 Å². The lowest BCUT2D eigenvalue weighted by molar-refractivity contribution is 0.0896. The SMILES string of the molecule is O=C(c1ccccc1)N(C(=O)c1ccccc1)c1ccc(-c2ccc3ncn(Cc4ccccc4)c(=O)c3c2)cn1. The van der Waals surface area contributed by atoms with Crippen molar-refractivity contribution in [3.05, 3.63) is 161 Å². The maximum absolute atomic E-state index is 13.5. The van der Waals surface area contributed by atoms with Crippen molar-refractivity contribution in [2.45, 2.75) is 6.54 Å². The number of benzene rings is 4. The van der Waals surface area contributed by atoms with Crippen LogP contribution in [0.3, 0.4) is 0 Å². The van der Waals surface area contributed by atoms with E-state index in [1.54, 1.807) is 89.9 Å². The first-order valence-corrected chi connectivity index (χ1v) is 13.1. The predicted molar refractivity (Wildman–Crippen MR) is 159 cm³/mol. The first-order valence-electron chi connectivity index (χ1n) is 13.1. The van der Waals surface area contributed by atoms with Crippen LogP contribution in [0.5, 0.6) is 0 Å². The van der Waals surface area contributed by atoms with Gasteiger partial charge in [0.2, 0.25) is 0 Å². The van der Waals surface area contributed by atoms with Crippen molar-refractivity contribution in [3.63, 3.8) is 0 Å². The van der Waals surface area contributed by atoms with Crippen molar-refractivity contribution in [1.82, 2.24) is 14.5 Å². The molecule has 4 aromatic carbocycles. The summed E-state index contributed by atoms with van der Waals surface area (Å²) in [5, 5.41) is 0.491. The summed E-state index contributed by atoms with van der Waals surface area (Å²) in [5.41, 5.74) is 3.70. The van der Waals surface area contributed by atoms with Crippen molar-refractivity contribution in [2.75, 3.05) is 4.90 Å². The number of nitrogens with zero attached hydrogens (tertiary/aromatic N) is 4. The average molecular weight is 537 g/mol. The molecule has 0 radical (unpaired) electrons. The summed E-state index contributed by atoms with van der Waals surface area (Å²) in [6.45, 7) is 0.420. The molecule has 0 N–H and O–H groups in total. The zero-order chi connectivity index (χ0) is 28.2. The van der Waals surface area contributed by atoms with Crippen LogP contribution in [0.1, 0.15) is 26.3 Å². The lowest BCUT2D eigenvalue weighted by Gasteiger charge is -2.20. The van der Waals surface area contributed by atoms with Crippen LogP contribution in [0.25, 0.3) is 22.0 Å². The topological polar surface area (TPSA) is 85.2 Å². The molecule has 7 nitrogen and oxygen atoms in total. The van der Waals surface area contributed by atoms with Crippen molar-refractivity contribution < 1.29 is 9.59 Å². The predicted octanol–water partition coefficient (Wildman–Crippen LogP) is 5.99. The standard InChI is InChI=1S/C34H24N4O3/c39-32(25-12-6-2-7-13-25)38(33(40)26-14-8-3-9-15-26)31-19-17-28(21-35-31)27-16-18-30-29(20-27)34(41)37(23-36-30)22-24-10-4-1-5-11-24/h1-21,23H,22H2. The van der Waals surface area contributed by atoms with E-state index in [4.69, 9.17) is 0 Å². The highest BCUT2D eigenvalue weighted by molar-refractivity contribution is 6.25. The molecule has 2 amide bonds. The largest absolute Gasteiger partial charge is 0.294 e. The second-order valence-electron chi connectivity index (χ2n) is 9.48. The van der Waals surface area contributed by atoms with E-state index in [9.17, 15) is 14.4 Å². The van der Waals surface area contributed by atoms with Crippen molar-refractivity contribution in [2.24, 2.45) is 0 Å². The molecule has 0 saturated heterocycles. The second-order valence-corrected chi connectivity index (χ2v) is 9.48. The van der Waals surface area contributed by atoms with Crippen LogP contribution in [-0.4, -0.2) is 26.3 Å². The highest BCUT2D eigenvalue weighted by atomic mass is 16.2. The third-order valence-electron chi connectivity index (χ3n) is 6.78. The normalized spacial score (nSPS) is 10.8. The summed E-state index contributed by atoms with van der Waals surface area (Å²) in [4.78, 5) is 50.3. The summed E-state index contributed by atoms with van der Waals surface area (Å²) in [6.07, 6.45) is 3.16. The molecule has 0 spiro atoms. The Kier molecular flexibility index (Phi) is 6.99. The van der Waals surface area contributed by atoms with Crippen molar-refractivity contribution >= 4 is 28.5 Å². The first-order chi connectivity index (χ1) is 20.1. The fraction of sp³-hybridized carbons (Fsp3) is 0.0294. The van der Waals surface area contributed by atoms with E-state index in [0.29, 0.717) is 28.6 Å². The van der Waals surface area contributed by atoms with Crippen LogP contribution in [0.15, 0.2) is 139 Å². The van der Waals surface area contributed by atoms with Crippen LogP contribution in [0, 0.1) is 0 Å². The molecule has 198 valence electrons. The summed E-state index contributed by atoms with van der Waals surface area (Å²) in [6, 6.07) is 35.9. The highest BCUT2D eigenvalue weighted by Gasteiger charge is 2.27. The minimum atomic E-state index is -0.476. The molecule has 0 fully saturated rings. The lowest BCUT2D eigenvalue weighted by Crippen LogP contribution is -2.37. The number of amides is 2. The van der Waals surface area contributed by atoms with Gasteiger partial charge in [-0.1, -0.05) is 72.8 Å². The maximum atomic E-state index is 13.5. The number of hydrogen-bond acceptors (Lipinski definition) is 5. The Morgan fingerprint density at radius 1 is 0.659 bits per heavy atom. The van der Waals surface area contributed by atoms with Gasteiger partial charge in [-0.15, -0.1) is 0 Å². The van der Waals surface area contributed by atoms with Gasteiger partial charge in [0.25, 0.3) is 17.4 Å². The molecule has 41 heavy (non-hydrogen) atoms. The fourth-order valence-electron chi connectivity index (χ4n) is 4.64. The molecule has 0 saturated carbocycles. The van der Waals surface area contributed by atoms with Crippen molar-refractivity contribution in [3.8, 4) is 11.1 Å². The van der Waals surface area contributed by atoms with E-state index >= 15 is 0 Å². The summed E-state index contributed by atoms with van der Waals surface area (Å²) >= 11 is 0. The number of carbonyl (C=O) groups excluding carboxylic acids is 2. The number of carbonyl (C=O) groups is 2. The number of imide groups is 1. The zero-order valence-corrected chi connectivity index (χ0v) is 21.9. The number of anilines is 1. The molecule has 0 aliphatic rings. The van der Waals surface area contributed by atoms with Crippen LogP contribution in [0.4, 0.5) is 5.82 Å². The molecule has 2 aromatic heterocycles. The summed E-state index contributed by atoms with van der Waals surface area (Å²) in [5.74, 6) is -0.755. The molecular formula is C34H24N4O3. The van der Waals surface area contributed by atoms with Gasteiger partial charge in [0, 0.05) is 22.9 Å². The van der Waals surface area contributed by atoms with E-state index < -0.39 is 11.8 Å². The Morgan fingerprint density at radius 3 is 1.83 bits per heavy atom. The molecule has 6 rings (SSSR count). The third-order valence-corrected chi connectivity index (χ3v) is 6.78. The molecular weight excluding hydrogens is 512 g/mol. The molecule has 0 unspecified atom stereocenters. The number of aromatic nitrogens is 3. The fourth-order valence-corrected chi connectivity index (χ4v) is 4.64. The smallest absolute Gasteiger partial charge is 0.266 e. The van der Waals surface area contributed by atoms with Gasteiger partial charge >= 0.3 is 0 Å². The zero-order valence-electron chi connectivity index (χ0n) is 21.9. The Hall–Kier alpha value is -5.69. The highest BCUT2D eigenvalue weighted by Crippen LogP contribution is 2.25. The van der Waals surface area contributed by atoms with Gasteiger partial charge in [0.05, 0.1) is 23.8 Å². The number of fused-ring (bicyclic) bond motifs is 1. The summed E-state index contributed by atoms with van der Waals surface area (Å²) in [7, 11) is 0. The van der Waals surface area contributed by atoms with Gasteiger partial charge in [-0.3, -0.25) is 19.0 Å². The average Bonchev–Trinajstić information content (AvgIpc) is 3.04. The summed E-state index contributed by atoms with van der Waals surface area (Å²) < 4.78 is 1.59. The Labute approximate surface area is 236 Å².